The number of hydrogen-bond acceptors (Lipinski definition) is 3. The highest BCUT2D eigenvalue weighted by Gasteiger charge is 2.13. The van der Waals surface area contributed by atoms with E-state index in [1.54, 1.807) is 19.1 Å². The maximum atomic E-state index is 11.8. The van der Waals surface area contributed by atoms with Crippen molar-refractivity contribution in [2.75, 3.05) is 27.2 Å². The lowest BCUT2D eigenvalue weighted by Gasteiger charge is -2.16. The van der Waals surface area contributed by atoms with Crippen molar-refractivity contribution < 1.29 is 14.3 Å². The van der Waals surface area contributed by atoms with E-state index in [1.807, 2.05) is 24.3 Å². The van der Waals surface area contributed by atoms with Gasteiger partial charge in [-0.1, -0.05) is 25.5 Å². The summed E-state index contributed by atoms with van der Waals surface area (Å²) < 4.78 is 5.16. The van der Waals surface area contributed by atoms with Crippen LogP contribution in [0.4, 0.5) is 0 Å². The number of unbranched alkanes of at least 4 members (excludes halogenated alkanes) is 1. The number of carbonyl (C=O) groups excluding carboxylic acids is 2. The molecule has 1 aromatic carbocycles. The first kappa shape index (κ1) is 18.0. The number of nitrogens with zero attached hydrogens (tertiary/aromatic N) is 1. The SMILES string of the molecule is CCCCN(C)C(=O)CC(=O)NCCc1cccc(OC)c1. The van der Waals surface area contributed by atoms with Gasteiger partial charge in [-0.25, -0.2) is 0 Å². The lowest BCUT2D eigenvalue weighted by atomic mass is 10.1. The zero-order chi connectivity index (χ0) is 16.4. The summed E-state index contributed by atoms with van der Waals surface area (Å²) in [5.74, 6) is 0.445. The summed E-state index contributed by atoms with van der Waals surface area (Å²) in [6.45, 7) is 3.29. The Bertz CT molecular complexity index is 489. The quantitative estimate of drug-likeness (QED) is 0.710. The first-order valence-electron chi connectivity index (χ1n) is 7.70. The van der Waals surface area contributed by atoms with E-state index in [9.17, 15) is 9.59 Å². The third-order valence-electron chi connectivity index (χ3n) is 3.45. The van der Waals surface area contributed by atoms with Gasteiger partial charge in [-0.2, -0.15) is 0 Å². The van der Waals surface area contributed by atoms with E-state index >= 15 is 0 Å². The van der Waals surface area contributed by atoms with Crippen LogP contribution < -0.4 is 10.1 Å². The molecule has 1 rings (SSSR count). The Labute approximate surface area is 132 Å². The number of ether oxygens (including phenoxy) is 1. The third-order valence-corrected chi connectivity index (χ3v) is 3.45. The molecule has 0 unspecified atom stereocenters. The molecule has 122 valence electrons. The fraction of sp³-hybridized carbons (Fsp3) is 0.529. The van der Waals surface area contributed by atoms with Gasteiger partial charge >= 0.3 is 0 Å². The molecule has 5 nitrogen and oxygen atoms in total. The zero-order valence-electron chi connectivity index (χ0n) is 13.7. The molecule has 5 heteroatoms. The summed E-state index contributed by atoms with van der Waals surface area (Å²) in [6, 6.07) is 7.73. The molecule has 0 fully saturated rings. The zero-order valence-corrected chi connectivity index (χ0v) is 13.7. The molecular weight excluding hydrogens is 280 g/mol. The predicted octanol–water partition coefficient (Wildman–Crippen LogP) is 2.00. The maximum absolute atomic E-state index is 11.8. The molecule has 1 aromatic rings. The number of methoxy groups -OCH3 is 1. The highest BCUT2D eigenvalue weighted by molar-refractivity contribution is 5.96. The van der Waals surface area contributed by atoms with Gasteiger partial charge in [0.2, 0.25) is 11.8 Å². The van der Waals surface area contributed by atoms with Gasteiger partial charge < -0.3 is 15.0 Å². The van der Waals surface area contributed by atoms with Crippen molar-refractivity contribution in [1.82, 2.24) is 10.2 Å². The summed E-state index contributed by atoms with van der Waals surface area (Å²) in [6.07, 6.45) is 2.62. The second kappa shape index (κ2) is 9.82. The van der Waals surface area contributed by atoms with Crippen LogP contribution in [0.2, 0.25) is 0 Å². The van der Waals surface area contributed by atoms with Gasteiger partial charge in [0.15, 0.2) is 0 Å². The molecule has 0 aliphatic rings. The standard InChI is InChI=1S/C17H26N2O3/c1-4-5-11-19(2)17(21)13-16(20)18-10-9-14-7-6-8-15(12-14)22-3/h6-8,12H,4-5,9-11,13H2,1-3H3,(H,18,20). The van der Waals surface area contributed by atoms with E-state index in [-0.39, 0.29) is 18.2 Å². The van der Waals surface area contributed by atoms with E-state index in [0.717, 1.165) is 24.2 Å². The average molecular weight is 306 g/mol. The van der Waals surface area contributed by atoms with E-state index in [1.165, 1.54) is 0 Å². The Balaban J connectivity index is 2.29. The summed E-state index contributed by atoms with van der Waals surface area (Å²) >= 11 is 0. The van der Waals surface area contributed by atoms with Gasteiger partial charge in [-0.15, -0.1) is 0 Å². The Morgan fingerprint density at radius 3 is 2.77 bits per heavy atom. The van der Waals surface area contributed by atoms with Gasteiger partial charge in [0.1, 0.15) is 12.2 Å². The molecule has 0 spiro atoms. The molecule has 0 aliphatic heterocycles. The van der Waals surface area contributed by atoms with Crippen molar-refractivity contribution in [2.24, 2.45) is 0 Å². The van der Waals surface area contributed by atoms with Crippen molar-refractivity contribution in [2.45, 2.75) is 32.6 Å². The monoisotopic (exact) mass is 306 g/mol. The second-order valence-electron chi connectivity index (χ2n) is 5.30. The number of carbonyl (C=O) groups is 2. The lowest BCUT2D eigenvalue weighted by Crippen LogP contribution is -2.34. The summed E-state index contributed by atoms with van der Waals surface area (Å²) in [5.41, 5.74) is 1.09. The van der Waals surface area contributed by atoms with Gasteiger partial charge in [0, 0.05) is 20.1 Å². The van der Waals surface area contributed by atoms with Crippen molar-refractivity contribution in [1.29, 1.82) is 0 Å². The molecular formula is C17H26N2O3. The van der Waals surface area contributed by atoms with Crippen LogP contribution in [0.1, 0.15) is 31.7 Å². The Kier molecular flexibility index (Phi) is 8.04. The Hall–Kier alpha value is -2.04. The average Bonchev–Trinajstić information content (AvgIpc) is 2.52. The summed E-state index contributed by atoms with van der Waals surface area (Å²) in [7, 11) is 3.36. The van der Waals surface area contributed by atoms with Crippen LogP contribution in [0.15, 0.2) is 24.3 Å². The number of nitrogens with one attached hydrogen (secondary N) is 1. The van der Waals surface area contributed by atoms with Crippen LogP contribution in [0.5, 0.6) is 5.75 Å². The van der Waals surface area contributed by atoms with Crippen LogP contribution in [0.3, 0.4) is 0 Å². The molecule has 0 aliphatic carbocycles. The van der Waals surface area contributed by atoms with E-state index < -0.39 is 0 Å². The number of benzene rings is 1. The molecule has 2 amide bonds. The van der Waals surface area contributed by atoms with E-state index in [2.05, 4.69) is 12.2 Å². The molecule has 0 saturated heterocycles. The second-order valence-corrected chi connectivity index (χ2v) is 5.30. The molecule has 0 radical (unpaired) electrons. The molecule has 0 saturated carbocycles. The maximum Gasteiger partial charge on any atom is 0.231 e. The summed E-state index contributed by atoms with van der Waals surface area (Å²) in [4.78, 5) is 25.2. The van der Waals surface area contributed by atoms with Gasteiger partial charge in [-0.05, 0) is 30.5 Å². The van der Waals surface area contributed by atoms with Gasteiger partial charge in [0.25, 0.3) is 0 Å². The molecule has 1 N–H and O–H groups in total. The highest BCUT2D eigenvalue weighted by atomic mass is 16.5. The van der Waals surface area contributed by atoms with Gasteiger partial charge in [0.05, 0.1) is 7.11 Å². The van der Waals surface area contributed by atoms with Crippen LogP contribution in [0, 0.1) is 0 Å². The minimum atomic E-state index is -0.226. The van der Waals surface area contributed by atoms with E-state index in [0.29, 0.717) is 19.5 Å². The third kappa shape index (κ3) is 6.61. The fourth-order valence-electron chi connectivity index (χ4n) is 2.03. The number of amides is 2. The van der Waals surface area contributed by atoms with Crippen LogP contribution in [-0.2, 0) is 16.0 Å². The first-order chi connectivity index (χ1) is 10.6. The predicted molar refractivity (Wildman–Crippen MR) is 86.9 cm³/mol. The van der Waals surface area contributed by atoms with Crippen LogP contribution in [0.25, 0.3) is 0 Å². The van der Waals surface area contributed by atoms with Crippen molar-refractivity contribution in [3.05, 3.63) is 29.8 Å². The molecule has 0 heterocycles. The van der Waals surface area contributed by atoms with E-state index in [4.69, 9.17) is 4.74 Å². The summed E-state index contributed by atoms with van der Waals surface area (Å²) in [5, 5.41) is 2.78. The number of hydrogen-bond donors (Lipinski definition) is 1. The molecule has 0 atom stereocenters. The molecule has 0 bridgehead atoms. The normalized spacial score (nSPS) is 10.1. The minimum Gasteiger partial charge on any atom is -0.497 e. The van der Waals surface area contributed by atoms with Crippen LogP contribution >= 0.6 is 0 Å². The first-order valence-corrected chi connectivity index (χ1v) is 7.70. The Morgan fingerprint density at radius 2 is 2.09 bits per heavy atom. The van der Waals surface area contributed by atoms with Gasteiger partial charge in [-0.3, -0.25) is 9.59 Å². The Morgan fingerprint density at radius 1 is 1.32 bits per heavy atom. The fourth-order valence-corrected chi connectivity index (χ4v) is 2.03. The van der Waals surface area contributed by atoms with Crippen molar-refractivity contribution in [3.8, 4) is 5.75 Å². The minimum absolute atomic E-state index is 0.0850. The molecule has 22 heavy (non-hydrogen) atoms. The van der Waals surface area contributed by atoms with Crippen molar-refractivity contribution >= 4 is 11.8 Å². The smallest absolute Gasteiger partial charge is 0.231 e. The largest absolute Gasteiger partial charge is 0.497 e. The lowest BCUT2D eigenvalue weighted by molar-refractivity contribution is -0.135. The van der Waals surface area contributed by atoms with Crippen molar-refractivity contribution in [3.63, 3.8) is 0 Å². The number of rotatable bonds is 9. The van der Waals surface area contributed by atoms with Crippen LogP contribution in [-0.4, -0.2) is 44.0 Å². The highest BCUT2D eigenvalue weighted by Crippen LogP contribution is 2.12. The topological polar surface area (TPSA) is 58.6 Å². The molecule has 0 aromatic heterocycles.